The van der Waals surface area contributed by atoms with Crippen LogP contribution in [-0.2, 0) is 19.7 Å². The topological polar surface area (TPSA) is 83.5 Å². The van der Waals surface area contributed by atoms with E-state index in [1.807, 2.05) is 0 Å². The first-order chi connectivity index (χ1) is 12.8. The number of halogens is 2. The lowest BCUT2D eigenvalue weighted by Crippen LogP contribution is -2.22. The standard InChI is InChI=1S/C18H24N2O4S3.2ClH/c1-19-17-9-10-18(25-17)27(23,24)16-7-5-15(6-8-16)26(21,22)14-4-13-20-11-2-3-12-20;;/h5-10,19H,2-4,11-14H2,1H3;2*1H. The van der Waals surface area contributed by atoms with Crippen molar-refractivity contribution in [3.05, 3.63) is 36.4 Å². The molecule has 0 saturated carbocycles. The minimum Gasteiger partial charge on any atom is -0.380 e. The molecule has 1 N–H and O–H groups in total. The molecular formula is C18H26Cl2N2O4S3. The summed E-state index contributed by atoms with van der Waals surface area (Å²) in [5.41, 5.74) is 0. The minimum absolute atomic E-state index is 0. The Labute approximate surface area is 189 Å². The maximum Gasteiger partial charge on any atom is 0.216 e. The lowest BCUT2D eigenvalue weighted by molar-refractivity contribution is 0.340. The van der Waals surface area contributed by atoms with Crippen molar-refractivity contribution >= 4 is 60.8 Å². The Hall–Kier alpha value is -0.840. The van der Waals surface area contributed by atoms with Gasteiger partial charge >= 0.3 is 0 Å². The summed E-state index contributed by atoms with van der Waals surface area (Å²) in [5.74, 6) is 0.0754. The summed E-state index contributed by atoms with van der Waals surface area (Å²) in [6, 6.07) is 8.80. The van der Waals surface area contributed by atoms with Gasteiger partial charge in [-0.05, 0) is 75.3 Å². The third-order valence-corrected chi connectivity index (χ3v) is 9.85. The molecule has 0 radical (unpaired) electrons. The van der Waals surface area contributed by atoms with Crippen molar-refractivity contribution in [1.29, 1.82) is 0 Å². The van der Waals surface area contributed by atoms with Crippen LogP contribution >= 0.6 is 36.2 Å². The van der Waals surface area contributed by atoms with E-state index in [0.29, 0.717) is 6.42 Å². The first-order valence-electron chi connectivity index (χ1n) is 8.91. The van der Waals surface area contributed by atoms with Gasteiger partial charge in [0, 0.05) is 7.05 Å². The summed E-state index contributed by atoms with van der Waals surface area (Å²) >= 11 is 1.15. The Bertz CT molecular complexity index is 984. The molecule has 3 rings (SSSR count). The minimum atomic E-state index is -3.64. The maximum atomic E-state index is 12.7. The molecule has 0 unspecified atom stereocenters. The molecule has 11 heteroatoms. The van der Waals surface area contributed by atoms with Crippen LogP contribution in [0.3, 0.4) is 0 Å². The maximum absolute atomic E-state index is 12.7. The number of hydrogen-bond acceptors (Lipinski definition) is 7. The lowest BCUT2D eigenvalue weighted by atomic mass is 10.4. The molecular weight excluding hydrogens is 475 g/mol. The fourth-order valence-corrected chi connectivity index (χ4v) is 7.00. The molecule has 1 aromatic heterocycles. The summed E-state index contributed by atoms with van der Waals surface area (Å²) in [7, 11) is -5.32. The van der Waals surface area contributed by atoms with E-state index in [1.165, 1.54) is 37.1 Å². The fourth-order valence-electron chi connectivity index (χ4n) is 3.14. The Kier molecular flexibility index (Phi) is 9.91. The predicted molar refractivity (Wildman–Crippen MR) is 123 cm³/mol. The Morgan fingerprint density at radius 3 is 2.07 bits per heavy atom. The predicted octanol–water partition coefficient (Wildman–Crippen LogP) is 3.73. The van der Waals surface area contributed by atoms with Crippen molar-refractivity contribution in [2.45, 2.75) is 33.3 Å². The molecule has 0 aliphatic carbocycles. The number of hydrogen-bond donors (Lipinski definition) is 1. The lowest BCUT2D eigenvalue weighted by Gasteiger charge is -2.14. The van der Waals surface area contributed by atoms with Gasteiger partial charge < -0.3 is 10.2 Å². The van der Waals surface area contributed by atoms with Crippen LogP contribution in [0.15, 0.2) is 50.4 Å². The number of sulfone groups is 2. The van der Waals surface area contributed by atoms with Crippen LogP contribution in [-0.4, -0.2) is 54.2 Å². The second-order valence-electron chi connectivity index (χ2n) is 6.56. The van der Waals surface area contributed by atoms with Gasteiger partial charge in [-0.3, -0.25) is 0 Å². The molecule has 1 aromatic carbocycles. The van der Waals surface area contributed by atoms with Gasteiger partial charge in [0.15, 0.2) is 9.84 Å². The number of thiophene rings is 1. The Morgan fingerprint density at radius 1 is 0.931 bits per heavy atom. The zero-order valence-corrected chi connectivity index (χ0v) is 20.1. The zero-order chi connectivity index (χ0) is 19.5. The molecule has 1 aliphatic rings. The summed E-state index contributed by atoms with van der Waals surface area (Å²) in [5, 5.41) is 3.67. The number of benzene rings is 1. The highest BCUT2D eigenvalue weighted by Gasteiger charge is 2.22. The van der Waals surface area contributed by atoms with Crippen molar-refractivity contribution in [2.75, 3.05) is 37.8 Å². The molecule has 0 amide bonds. The van der Waals surface area contributed by atoms with E-state index < -0.39 is 19.7 Å². The monoisotopic (exact) mass is 500 g/mol. The van der Waals surface area contributed by atoms with Gasteiger partial charge in [0.1, 0.15) is 4.21 Å². The van der Waals surface area contributed by atoms with Crippen molar-refractivity contribution < 1.29 is 16.8 Å². The van der Waals surface area contributed by atoms with Crippen molar-refractivity contribution in [1.82, 2.24) is 4.90 Å². The molecule has 0 bridgehead atoms. The highest BCUT2D eigenvalue weighted by atomic mass is 35.5. The summed E-state index contributed by atoms with van der Waals surface area (Å²) in [6.07, 6.45) is 2.95. The van der Waals surface area contributed by atoms with Crippen molar-refractivity contribution in [3.63, 3.8) is 0 Å². The molecule has 29 heavy (non-hydrogen) atoms. The zero-order valence-electron chi connectivity index (χ0n) is 16.0. The smallest absolute Gasteiger partial charge is 0.216 e. The quantitative estimate of drug-likeness (QED) is 0.594. The number of anilines is 1. The molecule has 0 spiro atoms. The third-order valence-electron chi connectivity index (χ3n) is 4.67. The number of nitrogens with zero attached hydrogens (tertiary/aromatic N) is 1. The second-order valence-corrected chi connectivity index (χ2v) is 11.9. The van der Waals surface area contributed by atoms with E-state index in [2.05, 4.69) is 10.2 Å². The van der Waals surface area contributed by atoms with Gasteiger partial charge in [-0.2, -0.15) is 0 Å². The van der Waals surface area contributed by atoms with Crippen molar-refractivity contribution in [3.8, 4) is 0 Å². The van der Waals surface area contributed by atoms with Crippen LogP contribution in [0.5, 0.6) is 0 Å². The molecule has 2 heterocycles. The number of nitrogens with one attached hydrogen (secondary N) is 1. The summed E-state index contributed by atoms with van der Waals surface area (Å²) < 4.78 is 50.6. The van der Waals surface area contributed by atoms with E-state index in [-0.39, 0.29) is 44.6 Å². The van der Waals surface area contributed by atoms with E-state index in [9.17, 15) is 16.8 Å². The third kappa shape index (κ3) is 6.32. The van der Waals surface area contributed by atoms with Gasteiger partial charge in [-0.15, -0.1) is 36.2 Å². The average molecular weight is 502 g/mol. The van der Waals surface area contributed by atoms with Crippen LogP contribution < -0.4 is 5.32 Å². The van der Waals surface area contributed by atoms with Crippen LogP contribution in [0.2, 0.25) is 0 Å². The van der Waals surface area contributed by atoms with Crippen LogP contribution in [0.25, 0.3) is 0 Å². The Balaban J connectivity index is 0.00000210. The van der Waals surface area contributed by atoms with E-state index in [4.69, 9.17) is 0 Å². The molecule has 6 nitrogen and oxygen atoms in total. The molecule has 1 fully saturated rings. The second kappa shape index (κ2) is 11.0. The largest absolute Gasteiger partial charge is 0.380 e. The molecule has 1 aliphatic heterocycles. The van der Waals surface area contributed by atoms with Gasteiger partial charge in [-0.1, -0.05) is 0 Å². The van der Waals surface area contributed by atoms with Crippen LogP contribution in [0, 0.1) is 0 Å². The van der Waals surface area contributed by atoms with E-state index in [1.54, 1.807) is 19.2 Å². The van der Waals surface area contributed by atoms with E-state index >= 15 is 0 Å². The van der Waals surface area contributed by atoms with Crippen LogP contribution in [0.1, 0.15) is 19.3 Å². The number of rotatable bonds is 8. The molecule has 164 valence electrons. The van der Waals surface area contributed by atoms with Crippen molar-refractivity contribution in [2.24, 2.45) is 0 Å². The fraction of sp³-hybridized carbons (Fsp3) is 0.444. The van der Waals surface area contributed by atoms with E-state index in [0.717, 1.165) is 36.0 Å². The van der Waals surface area contributed by atoms with Crippen LogP contribution in [0.4, 0.5) is 5.00 Å². The molecule has 2 aromatic rings. The molecule has 1 saturated heterocycles. The Morgan fingerprint density at radius 2 is 1.52 bits per heavy atom. The summed E-state index contributed by atoms with van der Waals surface area (Å²) in [4.78, 5) is 2.55. The molecule has 0 atom stereocenters. The highest BCUT2D eigenvalue weighted by molar-refractivity contribution is 7.93. The normalized spacial score (nSPS) is 14.8. The first kappa shape index (κ1) is 26.2. The SMILES string of the molecule is CNc1ccc(S(=O)(=O)c2ccc(S(=O)(=O)CCCN3CCCC3)cc2)s1.Cl.Cl. The highest BCUT2D eigenvalue weighted by Crippen LogP contribution is 2.31. The van der Waals surface area contributed by atoms with Gasteiger partial charge in [0.2, 0.25) is 9.84 Å². The summed E-state index contributed by atoms with van der Waals surface area (Å²) in [6.45, 7) is 2.88. The van der Waals surface area contributed by atoms with Gasteiger partial charge in [0.05, 0.1) is 20.5 Å². The van der Waals surface area contributed by atoms with Gasteiger partial charge in [0.25, 0.3) is 0 Å². The number of likely N-dealkylation sites (tertiary alicyclic amines) is 1. The first-order valence-corrected chi connectivity index (χ1v) is 12.9. The van der Waals surface area contributed by atoms with Gasteiger partial charge in [-0.25, -0.2) is 16.8 Å². The average Bonchev–Trinajstić information content (AvgIpc) is 3.33.